The zero-order chi connectivity index (χ0) is 28.9. The largest absolute Gasteiger partial charge is 0.504 e. The molecule has 0 unspecified atom stereocenters. The molecule has 1 heterocycles. The number of hydrogen-bond acceptors (Lipinski definition) is 11. The molecule has 13 nitrogen and oxygen atoms in total. The number of nitrogens with one attached hydrogen (secondary N) is 2. The van der Waals surface area contributed by atoms with Gasteiger partial charge in [-0.2, -0.15) is 28.5 Å². The Hall–Kier alpha value is -4.50. The van der Waals surface area contributed by atoms with Crippen molar-refractivity contribution >= 4 is 68.5 Å². The molecule has 4 aromatic rings. The number of azo groups is 1. The van der Waals surface area contributed by atoms with E-state index in [-0.39, 0.29) is 33.7 Å². The number of carbonyl (C=O) groups excluding carboxylic acids is 1. The second-order valence-corrected chi connectivity index (χ2v) is 10.1. The minimum atomic E-state index is -4.74. The first-order valence-corrected chi connectivity index (χ1v) is 13.3. The number of nitrogens with zero attached hydrogens (tertiary/aromatic N) is 6. The third-order valence-corrected chi connectivity index (χ3v) is 6.26. The van der Waals surface area contributed by atoms with Gasteiger partial charge in [0, 0.05) is 11.1 Å². The number of aromatic nitrogens is 3. The molecule has 4 N–H and O–H groups in total. The number of phenolic OH excluding ortho intramolecular Hbond substituents is 1. The average molecular weight is 601 g/mol. The van der Waals surface area contributed by atoms with Crippen LogP contribution in [0.4, 0.5) is 23.0 Å². The number of hydrazone groups is 1. The van der Waals surface area contributed by atoms with Crippen LogP contribution in [-0.2, 0) is 10.1 Å². The maximum atomic E-state index is 12.0. The standard InChI is InChI=1S/C24H18Cl2N8O5S/c1-13-7-8-15(12-35)17(9-13)31-33-21(14-5-3-2-4-6-14)34-32-19-11-16(40(37,38)39)10-18(20(19)36)27-24-29-22(25)28-23(26)30-24/h2-12,32,36H,1H3,(H,37,38,39)(H,27,28,29,30). The van der Waals surface area contributed by atoms with Gasteiger partial charge in [0.05, 0.1) is 16.3 Å². The van der Waals surface area contributed by atoms with E-state index in [2.05, 4.69) is 41.0 Å². The van der Waals surface area contributed by atoms with Gasteiger partial charge in [-0.05, 0) is 60.0 Å². The third-order valence-electron chi connectivity index (χ3n) is 5.09. The van der Waals surface area contributed by atoms with Crippen molar-refractivity contribution < 1.29 is 22.9 Å². The van der Waals surface area contributed by atoms with Gasteiger partial charge in [-0.1, -0.05) is 36.4 Å². The second kappa shape index (κ2) is 12.1. The predicted molar refractivity (Wildman–Crippen MR) is 149 cm³/mol. The third kappa shape index (κ3) is 7.12. The quantitative estimate of drug-likeness (QED) is 0.0378. The molecule has 0 aliphatic carbocycles. The first kappa shape index (κ1) is 28.5. The molecule has 40 heavy (non-hydrogen) atoms. The highest BCUT2D eigenvalue weighted by atomic mass is 35.5. The Balaban J connectivity index is 1.77. The summed E-state index contributed by atoms with van der Waals surface area (Å²) in [6.45, 7) is 1.83. The van der Waals surface area contributed by atoms with E-state index < -0.39 is 20.8 Å². The molecular formula is C24H18Cl2N8O5S. The summed E-state index contributed by atoms with van der Waals surface area (Å²) >= 11 is 11.6. The molecule has 16 heteroatoms. The van der Waals surface area contributed by atoms with Crippen LogP contribution in [0.1, 0.15) is 21.5 Å². The maximum absolute atomic E-state index is 12.0. The van der Waals surface area contributed by atoms with Crippen LogP contribution < -0.4 is 10.7 Å². The maximum Gasteiger partial charge on any atom is 0.294 e. The molecule has 0 saturated heterocycles. The number of anilines is 3. The lowest BCUT2D eigenvalue weighted by Crippen LogP contribution is -2.06. The highest BCUT2D eigenvalue weighted by Gasteiger charge is 2.19. The summed E-state index contributed by atoms with van der Waals surface area (Å²) in [7, 11) is -4.74. The lowest BCUT2D eigenvalue weighted by Gasteiger charge is -2.13. The van der Waals surface area contributed by atoms with Crippen molar-refractivity contribution in [3.8, 4) is 5.75 Å². The highest BCUT2D eigenvalue weighted by Crippen LogP contribution is 2.37. The van der Waals surface area contributed by atoms with Gasteiger partial charge in [-0.15, -0.1) is 10.2 Å². The van der Waals surface area contributed by atoms with Gasteiger partial charge in [0.25, 0.3) is 10.1 Å². The number of hydrogen-bond donors (Lipinski definition) is 4. The first-order valence-electron chi connectivity index (χ1n) is 11.1. The molecule has 0 spiro atoms. The molecule has 0 atom stereocenters. The lowest BCUT2D eigenvalue weighted by atomic mass is 10.1. The Morgan fingerprint density at radius 3 is 2.30 bits per heavy atom. The number of halogens is 2. The molecule has 0 aliphatic rings. The van der Waals surface area contributed by atoms with Gasteiger partial charge in [0.15, 0.2) is 12.0 Å². The SMILES string of the molecule is Cc1ccc(C=O)c(N=NC(=NNc2cc(S(=O)(=O)O)cc(Nc3nc(Cl)nc(Cl)n3)c2O)c2ccccc2)c1. The monoisotopic (exact) mass is 600 g/mol. The molecular weight excluding hydrogens is 583 g/mol. The van der Waals surface area contributed by atoms with Crippen LogP contribution in [0.5, 0.6) is 5.75 Å². The Morgan fingerprint density at radius 1 is 0.975 bits per heavy atom. The minimum Gasteiger partial charge on any atom is -0.504 e. The lowest BCUT2D eigenvalue weighted by molar-refractivity contribution is 0.112. The molecule has 0 bridgehead atoms. The van der Waals surface area contributed by atoms with E-state index in [1.54, 1.807) is 48.5 Å². The number of benzene rings is 3. The van der Waals surface area contributed by atoms with E-state index in [4.69, 9.17) is 23.2 Å². The normalized spacial score (nSPS) is 11.9. The molecule has 0 saturated carbocycles. The summed E-state index contributed by atoms with van der Waals surface area (Å²) in [5.74, 6) is -0.735. The second-order valence-electron chi connectivity index (χ2n) is 7.96. The van der Waals surface area contributed by atoms with E-state index in [0.29, 0.717) is 23.1 Å². The van der Waals surface area contributed by atoms with Gasteiger partial charge in [0.2, 0.25) is 22.4 Å². The predicted octanol–water partition coefficient (Wildman–Crippen LogP) is 5.55. The van der Waals surface area contributed by atoms with E-state index in [9.17, 15) is 22.9 Å². The Kier molecular flexibility index (Phi) is 8.64. The van der Waals surface area contributed by atoms with Crippen LogP contribution in [-0.4, -0.2) is 45.2 Å². The molecule has 0 amide bonds. The van der Waals surface area contributed by atoms with Gasteiger partial charge in [0.1, 0.15) is 5.69 Å². The van der Waals surface area contributed by atoms with Gasteiger partial charge in [-0.25, -0.2) is 0 Å². The Labute approximate surface area is 237 Å². The minimum absolute atomic E-state index is 0.0150. The van der Waals surface area contributed by atoms with Crippen molar-refractivity contribution in [3.63, 3.8) is 0 Å². The van der Waals surface area contributed by atoms with Crippen LogP contribution in [0.15, 0.2) is 80.9 Å². The van der Waals surface area contributed by atoms with Crippen molar-refractivity contribution in [1.29, 1.82) is 0 Å². The number of rotatable bonds is 8. The van der Waals surface area contributed by atoms with E-state index in [1.807, 2.05) is 6.92 Å². The topological polar surface area (TPSA) is 191 Å². The van der Waals surface area contributed by atoms with Gasteiger partial charge in [-0.3, -0.25) is 14.8 Å². The van der Waals surface area contributed by atoms with E-state index in [1.165, 1.54) is 0 Å². The van der Waals surface area contributed by atoms with Crippen LogP contribution in [0.3, 0.4) is 0 Å². The van der Waals surface area contributed by atoms with Crippen molar-refractivity contribution in [1.82, 2.24) is 15.0 Å². The fourth-order valence-corrected chi connectivity index (χ4v) is 4.12. The molecule has 0 fully saturated rings. The van der Waals surface area contributed by atoms with Crippen molar-refractivity contribution in [2.75, 3.05) is 10.7 Å². The number of aromatic hydroxyl groups is 1. The summed E-state index contributed by atoms with van der Waals surface area (Å²) in [4.78, 5) is 22.1. The Morgan fingerprint density at radius 2 is 1.65 bits per heavy atom. The number of amidine groups is 1. The van der Waals surface area contributed by atoms with Crippen molar-refractivity contribution in [3.05, 3.63) is 87.9 Å². The molecule has 0 aliphatic heterocycles. The summed E-state index contributed by atoms with van der Waals surface area (Å²) in [6.07, 6.45) is 0.644. The zero-order valence-corrected chi connectivity index (χ0v) is 22.6. The fraction of sp³-hybridized carbons (Fsp3) is 0.0417. The van der Waals surface area contributed by atoms with E-state index in [0.717, 1.165) is 17.7 Å². The fourth-order valence-electron chi connectivity index (χ4n) is 3.23. The summed E-state index contributed by atoms with van der Waals surface area (Å²) in [6, 6.07) is 15.5. The summed E-state index contributed by atoms with van der Waals surface area (Å²) in [5.41, 5.74) is 4.00. The molecule has 204 valence electrons. The van der Waals surface area contributed by atoms with Crippen LogP contribution >= 0.6 is 23.2 Å². The van der Waals surface area contributed by atoms with Crippen LogP contribution in [0.25, 0.3) is 0 Å². The zero-order valence-electron chi connectivity index (χ0n) is 20.3. The average Bonchev–Trinajstić information content (AvgIpc) is 2.90. The Bertz CT molecular complexity index is 1730. The van der Waals surface area contributed by atoms with Crippen LogP contribution in [0, 0.1) is 6.92 Å². The number of aldehydes is 1. The van der Waals surface area contributed by atoms with Crippen molar-refractivity contribution in [2.24, 2.45) is 15.3 Å². The number of phenols is 1. The highest BCUT2D eigenvalue weighted by molar-refractivity contribution is 7.85. The van der Waals surface area contributed by atoms with E-state index >= 15 is 0 Å². The van der Waals surface area contributed by atoms with Crippen LogP contribution in [0.2, 0.25) is 10.6 Å². The number of aryl methyl sites for hydroxylation is 1. The molecule has 1 aromatic heterocycles. The molecule has 0 radical (unpaired) electrons. The van der Waals surface area contributed by atoms with Crippen molar-refractivity contribution in [2.45, 2.75) is 11.8 Å². The van der Waals surface area contributed by atoms with Gasteiger partial charge < -0.3 is 10.4 Å². The molecule has 4 rings (SSSR count). The molecule has 3 aromatic carbocycles. The summed E-state index contributed by atoms with van der Waals surface area (Å²) in [5, 5.41) is 25.4. The number of carbonyl (C=O) groups is 1. The van der Waals surface area contributed by atoms with Gasteiger partial charge >= 0.3 is 0 Å². The first-order chi connectivity index (χ1) is 19.0. The summed E-state index contributed by atoms with van der Waals surface area (Å²) < 4.78 is 33.6. The smallest absolute Gasteiger partial charge is 0.294 e.